The van der Waals surface area contributed by atoms with Crippen molar-refractivity contribution in [2.24, 2.45) is 0 Å². The first-order chi connectivity index (χ1) is 9.94. The Bertz CT molecular complexity index is 629. The van der Waals surface area contributed by atoms with E-state index in [4.69, 9.17) is 11.6 Å². The maximum Gasteiger partial charge on any atom is 0.152 e. The lowest BCUT2D eigenvalue weighted by Crippen LogP contribution is -2.32. The quantitative estimate of drug-likeness (QED) is 0.900. The highest BCUT2D eigenvalue weighted by Gasteiger charge is 2.31. The predicted octanol–water partition coefficient (Wildman–Crippen LogP) is 2.22. The van der Waals surface area contributed by atoms with Gasteiger partial charge in [0.1, 0.15) is 0 Å². The number of halogens is 1. The molecule has 116 valence electrons. The average molecular weight is 329 g/mol. The van der Waals surface area contributed by atoms with E-state index in [0.29, 0.717) is 18.2 Å². The molecule has 1 aromatic rings. The summed E-state index contributed by atoms with van der Waals surface area (Å²) in [5, 5.41) is 4.19. The van der Waals surface area contributed by atoms with E-state index in [1.165, 1.54) is 12.8 Å². The normalized spacial score (nSPS) is 24.2. The van der Waals surface area contributed by atoms with Crippen LogP contribution < -0.4 is 10.2 Å². The van der Waals surface area contributed by atoms with Gasteiger partial charge in [-0.1, -0.05) is 17.7 Å². The number of hydrogen-bond acceptors (Lipinski definition) is 4. The molecule has 1 heterocycles. The number of sulfone groups is 1. The van der Waals surface area contributed by atoms with Gasteiger partial charge in [-0.3, -0.25) is 0 Å². The summed E-state index contributed by atoms with van der Waals surface area (Å²) in [4.78, 5) is 2.04. The molecule has 0 amide bonds. The van der Waals surface area contributed by atoms with Crippen LogP contribution in [0.2, 0.25) is 5.02 Å². The third kappa shape index (κ3) is 3.71. The first-order valence-electron chi connectivity index (χ1n) is 7.40. The van der Waals surface area contributed by atoms with E-state index in [2.05, 4.69) is 5.32 Å². The van der Waals surface area contributed by atoms with E-state index < -0.39 is 9.84 Å². The van der Waals surface area contributed by atoms with Crippen molar-refractivity contribution >= 4 is 27.1 Å². The molecule has 1 atom stereocenters. The Morgan fingerprint density at radius 2 is 2.10 bits per heavy atom. The molecule has 1 N–H and O–H groups in total. The van der Waals surface area contributed by atoms with Gasteiger partial charge in [-0.15, -0.1) is 0 Å². The van der Waals surface area contributed by atoms with Crippen molar-refractivity contribution in [1.82, 2.24) is 5.32 Å². The molecule has 2 fully saturated rings. The van der Waals surface area contributed by atoms with Crippen LogP contribution in [0.25, 0.3) is 0 Å². The minimum absolute atomic E-state index is 0.0569. The lowest BCUT2D eigenvalue weighted by atomic mass is 10.1. The van der Waals surface area contributed by atoms with Gasteiger partial charge in [0.15, 0.2) is 9.84 Å². The summed E-state index contributed by atoms with van der Waals surface area (Å²) >= 11 is 6.36. The fraction of sp³-hybridized carbons (Fsp3) is 0.600. The summed E-state index contributed by atoms with van der Waals surface area (Å²) in [5.41, 5.74) is 2.08. The van der Waals surface area contributed by atoms with E-state index in [9.17, 15) is 8.42 Å². The Kier molecular flexibility index (Phi) is 4.17. The summed E-state index contributed by atoms with van der Waals surface area (Å²) < 4.78 is 23.2. The largest absolute Gasteiger partial charge is 0.371 e. The molecule has 2 aliphatic rings. The van der Waals surface area contributed by atoms with E-state index in [-0.39, 0.29) is 11.8 Å². The topological polar surface area (TPSA) is 49.4 Å². The highest BCUT2D eigenvalue weighted by molar-refractivity contribution is 7.91. The van der Waals surface area contributed by atoms with Crippen molar-refractivity contribution < 1.29 is 8.42 Å². The zero-order chi connectivity index (χ0) is 15.0. The third-order valence-corrected chi connectivity index (χ3v) is 6.46. The molecule has 4 nitrogen and oxygen atoms in total. The first kappa shape index (κ1) is 15.1. The Balaban J connectivity index is 1.68. The molecule has 0 radical (unpaired) electrons. The van der Waals surface area contributed by atoms with Gasteiger partial charge in [0, 0.05) is 36.4 Å². The van der Waals surface area contributed by atoms with Crippen molar-refractivity contribution in [3.05, 3.63) is 28.8 Å². The van der Waals surface area contributed by atoms with Gasteiger partial charge in [0.2, 0.25) is 0 Å². The Morgan fingerprint density at radius 1 is 1.33 bits per heavy atom. The maximum absolute atomic E-state index is 11.6. The van der Waals surface area contributed by atoms with Gasteiger partial charge in [-0.2, -0.15) is 0 Å². The van der Waals surface area contributed by atoms with Crippen LogP contribution >= 0.6 is 11.6 Å². The van der Waals surface area contributed by atoms with Gasteiger partial charge in [0.25, 0.3) is 0 Å². The molecule has 1 saturated heterocycles. The van der Waals surface area contributed by atoms with Crippen molar-refractivity contribution in [1.29, 1.82) is 0 Å². The molecule has 21 heavy (non-hydrogen) atoms. The minimum Gasteiger partial charge on any atom is -0.371 e. The van der Waals surface area contributed by atoms with Gasteiger partial charge in [0.05, 0.1) is 11.5 Å². The van der Waals surface area contributed by atoms with Gasteiger partial charge < -0.3 is 10.2 Å². The smallest absolute Gasteiger partial charge is 0.152 e. The van der Waals surface area contributed by atoms with E-state index in [1.54, 1.807) is 0 Å². The van der Waals surface area contributed by atoms with Crippen LogP contribution in [-0.2, 0) is 16.4 Å². The average Bonchev–Trinajstić information content (AvgIpc) is 3.19. The third-order valence-electron chi connectivity index (χ3n) is 4.36. The van der Waals surface area contributed by atoms with Crippen LogP contribution in [0.15, 0.2) is 18.2 Å². The molecule has 3 rings (SSSR count). The minimum atomic E-state index is -2.86. The van der Waals surface area contributed by atoms with Gasteiger partial charge in [-0.25, -0.2) is 8.42 Å². The van der Waals surface area contributed by atoms with Crippen LogP contribution in [0.3, 0.4) is 0 Å². The summed E-state index contributed by atoms with van der Waals surface area (Å²) in [7, 11) is -0.919. The molecular weight excluding hydrogens is 308 g/mol. The summed E-state index contributed by atoms with van der Waals surface area (Å²) in [6, 6.07) is 6.72. The molecule has 6 heteroatoms. The zero-order valence-corrected chi connectivity index (χ0v) is 13.8. The number of nitrogens with one attached hydrogen (secondary N) is 1. The van der Waals surface area contributed by atoms with Crippen LogP contribution in [0, 0.1) is 0 Å². The molecule has 1 aliphatic heterocycles. The highest BCUT2D eigenvalue weighted by atomic mass is 35.5. The lowest BCUT2D eigenvalue weighted by Gasteiger charge is -2.26. The van der Waals surface area contributed by atoms with Crippen LogP contribution in [-0.4, -0.2) is 39.1 Å². The molecule has 0 spiro atoms. The second-order valence-electron chi connectivity index (χ2n) is 6.10. The molecule has 1 unspecified atom stereocenters. The van der Waals surface area contributed by atoms with E-state index >= 15 is 0 Å². The Labute approximate surface area is 131 Å². The van der Waals surface area contributed by atoms with Crippen molar-refractivity contribution in [2.45, 2.75) is 37.9 Å². The van der Waals surface area contributed by atoms with Gasteiger partial charge >= 0.3 is 0 Å². The van der Waals surface area contributed by atoms with Crippen LogP contribution in [0.5, 0.6) is 0 Å². The number of nitrogens with zero attached hydrogens (tertiary/aromatic N) is 1. The van der Waals surface area contributed by atoms with Crippen LogP contribution in [0.4, 0.5) is 5.69 Å². The second-order valence-corrected chi connectivity index (χ2v) is 8.73. The number of hydrogen-bond donors (Lipinski definition) is 1. The maximum atomic E-state index is 11.6. The van der Waals surface area contributed by atoms with Crippen molar-refractivity contribution in [3.8, 4) is 0 Å². The first-order valence-corrected chi connectivity index (χ1v) is 9.59. The fourth-order valence-corrected chi connectivity index (χ4v) is 4.75. The summed E-state index contributed by atoms with van der Waals surface area (Å²) in [6.07, 6.45) is 3.21. The molecule has 0 bridgehead atoms. The SMILES string of the molecule is CN(c1ccc(CNC2CC2)c(Cl)c1)C1CCS(=O)(=O)C1. The van der Waals surface area contributed by atoms with E-state index in [1.807, 2.05) is 30.1 Å². The molecular formula is C15H21ClN2O2S. The Hall–Kier alpha value is -0.780. The van der Waals surface area contributed by atoms with Crippen molar-refractivity contribution in [2.75, 3.05) is 23.5 Å². The summed E-state index contributed by atoms with van der Waals surface area (Å²) in [5.74, 6) is 0.533. The molecule has 1 aromatic carbocycles. The Morgan fingerprint density at radius 3 is 2.67 bits per heavy atom. The van der Waals surface area contributed by atoms with Crippen LogP contribution in [0.1, 0.15) is 24.8 Å². The number of rotatable bonds is 5. The van der Waals surface area contributed by atoms with Gasteiger partial charge in [-0.05, 0) is 37.0 Å². The predicted molar refractivity (Wildman–Crippen MR) is 86.8 cm³/mol. The molecule has 1 saturated carbocycles. The summed E-state index contributed by atoms with van der Waals surface area (Å²) in [6.45, 7) is 0.797. The second kappa shape index (κ2) is 5.78. The number of anilines is 1. The highest BCUT2D eigenvalue weighted by Crippen LogP contribution is 2.28. The number of benzene rings is 1. The standard InChI is InChI=1S/C15H21ClN2O2S/c1-18(14-6-7-21(19,20)10-14)13-5-2-11(15(16)8-13)9-17-12-3-4-12/h2,5,8,12,14,17H,3-4,6-7,9-10H2,1H3. The molecule has 1 aliphatic carbocycles. The molecule has 0 aromatic heterocycles. The zero-order valence-electron chi connectivity index (χ0n) is 12.2. The monoisotopic (exact) mass is 328 g/mol. The fourth-order valence-electron chi connectivity index (χ4n) is 2.73. The lowest BCUT2D eigenvalue weighted by molar-refractivity contribution is 0.601. The van der Waals surface area contributed by atoms with Crippen molar-refractivity contribution in [3.63, 3.8) is 0 Å². The van der Waals surface area contributed by atoms with E-state index in [0.717, 1.165) is 22.8 Å².